The van der Waals surface area contributed by atoms with Gasteiger partial charge in [0.2, 0.25) is 6.29 Å². The molecule has 1 fully saturated rings. The minimum atomic E-state index is -1.40. The Morgan fingerprint density at radius 3 is 2.42 bits per heavy atom. The number of hydrogen-bond donors (Lipinski definition) is 3. The molecule has 8 nitrogen and oxygen atoms in total. The third kappa shape index (κ3) is 2.99. The second-order valence-corrected chi connectivity index (χ2v) is 4.12. The van der Waals surface area contributed by atoms with Crippen molar-refractivity contribution in [3.05, 3.63) is 34.4 Å². The first kappa shape index (κ1) is 13.7. The van der Waals surface area contributed by atoms with Crippen molar-refractivity contribution in [2.45, 2.75) is 24.6 Å². The van der Waals surface area contributed by atoms with Gasteiger partial charge >= 0.3 is 0 Å². The fraction of sp³-hybridized carbons (Fsp3) is 0.455. The summed E-state index contributed by atoms with van der Waals surface area (Å²) in [6.07, 6.45) is -5.08. The number of nitrogens with zero attached hydrogens (tertiary/aromatic N) is 1. The second kappa shape index (κ2) is 5.49. The predicted octanol–water partition coefficient (Wildman–Crippen LogP) is -0.587. The number of benzene rings is 1. The molecule has 1 heterocycles. The van der Waals surface area contributed by atoms with Crippen LogP contribution < -0.4 is 4.74 Å². The van der Waals surface area contributed by atoms with Crippen molar-refractivity contribution in [1.82, 2.24) is 0 Å². The predicted molar refractivity (Wildman–Crippen MR) is 61.5 cm³/mol. The lowest BCUT2D eigenvalue weighted by Gasteiger charge is -2.34. The van der Waals surface area contributed by atoms with E-state index in [1.807, 2.05) is 0 Å². The summed E-state index contributed by atoms with van der Waals surface area (Å²) in [7, 11) is 0. The number of aliphatic hydroxyl groups excluding tert-OH is 3. The van der Waals surface area contributed by atoms with Crippen molar-refractivity contribution in [2.24, 2.45) is 0 Å². The van der Waals surface area contributed by atoms with Crippen LogP contribution >= 0.6 is 0 Å². The van der Waals surface area contributed by atoms with Crippen molar-refractivity contribution in [1.29, 1.82) is 0 Å². The minimum Gasteiger partial charge on any atom is -0.462 e. The van der Waals surface area contributed by atoms with E-state index < -0.39 is 29.5 Å². The summed E-state index contributed by atoms with van der Waals surface area (Å²) in [5, 5.41) is 38.8. The van der Waals surface area contributed by atoms with E-state index in [9.17, 15) is 25.4 Å². The summed E-state index contributed by atoms with van der Waals surface area (Å²) in [5.74, 6) is 0.248. The minimum absolute atomic E-state index is 0.0899. The van der Waals surface area contributed by atoms with E-state index in [0.29, 0.717) is 0 Å². The maximum atomic E-state index is 10.5. The first-order valence-electron chi connectivity index (χ1n) is 5.56. The first-order chi connectivity index (χ1) is 8.99. The van der Waals surface area contributed by atoms with Crippen molar-refractivity contribution >= 4 is 5.69 Å². The maximum Gasteiger partial charge on any atom is 0.269 e. The summed E-state index contributed by atoms with van der Waals surface area (Å²) in [4.78, 5) is 9.93. The molecule has 104 valence electrons. The van der Waals surface area contributed by atoms with E-state index in [0.717, 1.165) is 0 Å². The van der Waals surface area contributed by atoms with Crippen LogP contribution in [0.3, 0.4) is 0 Å². The Labute approximate surface area is 108 Å². The molecule has 4 atom stereocenters. The van der Waals surface area contributed by atoms with Crippen molar-refractivity contribution in [3.63, 3.8) is 0 Å². The Kier molecular flexibility index (Phi) is 3.96. The average Bonchev–Trinajstić information content (AvgIpc) is 2.40. The Hall–Kier alpha value is -1.74. The Balaban J connectivity index is 2.03. The van der Waals surface area contributed by atoms with Crippen LogP contribution in [-0.4, -0.2) is 51.5 Å². The molecule has 8 heteroatoms. The van der Waals surface area contributed by atoms with Crippen LogP contribution in [0.4, 0.5) is 5.69 Å². The van der Waals surface area contributed by atoms with Gasteiger partial charge in [0.15, 0.2) is 0 Å². The number of nitro groups is 1. The SMILES string of the molecule is O=[N+]([O-])c1ccc(O[C@@H]2OC[C@@H](O)[C@@H](O)[C@@H]2O)cc1. The van der Waals surface area contributed by atoms with Crippen LogP contribution in [0.5, 0.6) is 5.75 Å². The molecule has 1 aliphatic rings. The van der Waals surface area contributed by atoms with Crippen LogP contribution in [0.1, 0.15) is 0 Å². The molecule has 0 radical (unpaired) electrons. The topological polar surface area (TPSA) is 122 Å². The second-order valence-electron chi connectivity index (χ2n) is 4.12. The highest BCUT2D eigenvalue weighted by molar-refractivity contribution is 5.36. The molecular formula is C11H13NO7. The Morgan fingerprint density at radius 2 is 1.84 bits per heavy atom. The lowest BCUT2D eigenvalue weighted by Crippen LogP contribution is -2.54. The van der Waals surface area contributed by atoms with E-state index >= 15 is 0 Å². The van der Waals surface area contributed by atoms with Gasteiger partial charge in [-0.3, -0.25) is 10.1 Å². The van der Waals surface area contributed by atoms with E-state index in [1.54, 1.807) is 0 Å². The number of non-ortho nitro benzene ring substituents is 1. The van der Waals surface area contributed by atoms with E-state index in [1.165, 1.54) is 24.3 Å². The van der Waals surface area contributed by atoms with Gasteiger partial charge in [0, 0.05) is 12.1 Å². The average molecular weight is 271 g/mol. The third-order valence-electron chi connectivity index (χ3n) is 2.75. The number of ether oxygens (including phenoxy) is 2. The van der Waals surface area contributed by atoms with Gasteiger partial charge in [-0.15, -0.1) is 0 Å². The molecular weight excluding hydrogens is 258 g/mol. The zero-order valence-electron chi connectivity index (χ0n) is 9.75. The van der Waals surface area contributed by atoms with E-state index in [-0.39, 0.29) is 18.0 Å². The van der Waals surface area contributed by atoms with Crippen LogP contribution in [0, 0.1) is 10.1 Å². The van der Waals surface area contributed by atoms with Crippen molar-refractivity contribution < 1.29 is 29.7 Å². The van der Waals surface area contributed by atoms with Gasteiger partial charge in [-0.25, -0.2) is 0 Å². The summed E-state index contributed by atoms with van der Waals surface area (Å²) in [6.45, 7) is -0.171. The molecule has 1 aromatic rings. The summed E-state index contributed by atoms with van der Waals surface area (Å²) < 4.78 is 10.3. The lowest BCUT2D eigenvalue weighted by atomic mass is 10.1. The van der Waals surface area contributed by atoms with Gasteiger partial charge in [0.05, 0.1) is 11.5 Å². The lowest BCUT2D eigenvalue weighted by molar-refractivity contribution is -0.384. The standard InChI is InChI=1S/C11H13NO7/c13-8-5-18-11(10(15)9(8)14)19-7-3-1-6(2-4-7)12(16)17/h1-4,8-11,13-15H,5H2/t8-,9-,10+,11+/m1/s1. The highest BCUT2D eigenvalue weighted by Crippen LogP contribution is 2.22. The zero-order valence-corrected chi connectivity index (χ0v) is 9.75. The largest absolute Gasteiger partial charge is 0.462 e. The molecule has 3 N–H and O–H groups in total. The van der Waals surface area contributed by atoms with Gasteiger partial charge < -0.3 is 24.8 Å². The molecule has 1 aromatic carbocycles. The summed E-state index contributed by atoms with van der Waals surface area (Å²) in [6, 6.07) is 5.20. The third-order valence-corrected chi connectivity index (χ3v) is 2.75. The van der Waals surface area contributed by atoms with Crippen LogP contribution in [0.15, 0.2) is 24.3 Å². The number of hydrogen-bond acceptors (Lipinski definition) is 7. The van der Waals surface area contributed by atoms with E-state index in [2.05, 4.69) is 0 Å². The molecule has 19 heavy (non-hydrogen) atoms. The maximum absolute atomic E-state index is 10.5. The van der Waals surface area contributed by atoms with Crippen LogP contribution in [0.25, 0.3) is 0 Å². The Morgan fingerprint density at radius 1 is 1.21 bits per heavy atom. The quantitative estimate of drug-likeness (QED) is 0.496. The number of aliphatic hydroxyl groups is 3. The molecule has 0 aliphatic carbocycles. The van der Waals surface area contributed by atoms with Gasteiger partial charge in [0.25, 0.3) is 5.69 Å². The highest BCUT2D eigenvalue weighted by Gasteiger charge is 2.38. The number of nitro benzene ring substituents is 1. The summed E-state index contributed by atoms with van der Waals surface area (Å²) >= 11 is 0. The monoisotopic (exact) mass is 271 g/mol. The molecule has 0 bridgehead atoms. The smallest absolute Gasteiger partial charge is 0.269 e. The van der Waals surface area contributed by atoms with Gasteiger partial charge in [0.1, 0.15) is 24.1 Å². The van der Waals surface area contributed by atoms with E-state index in [4.69, 9.17) is 9.47 Å². The first-order valence-corrected chi connectivity index (χ1v) is 5.56. The van der Waals surface area contributed by atoms with Gasteiger partial charge in [-0.2, -0.15) is 0 Å². The molecule has 0 saturated carbocycles. The zero-order chi connectivity index (χ0) is 14.0. The molecule has 0 spiro atoms. The molecule has 1 saturated heterocycles. The molecule has 1 aliphatic heterocycles. The van der Waals surface area contributed by atoms with Crippen molar-refractivity contribution in [2.75, 3.05) is 6.61 Å². The Bertz CT molecular complexity index is 449. The molecule has 0 amide bonds. The number of rotatable bonds is 3. The molecule has 2 rings (SSSR count). The van der Waals surface area contributed by atoms with Crippen molar-refractivity contribution in [3.8, 4) is 5.75 Å². The van der Waals surface area contributed by atoms with Gasteiger partial charge in [-0.1, -0.05) is 0 Å². The molecule has 0 unspecified atom stereocenters. The normalized spacial score (nSPS) is 30.9. The van der Waals surface area contributed by atoms with Crippen LogP contribution in [0.2, 0.25) is 0 Å². The highest BCUT2D eigenvalue weighted by atomic mass is 16.7. The van der Waals surface area contributed by atoms with Gasteiger partial charge in [-0.05, 0) is 12.1 Å². The molecule has 0 aromatic heterocycles. The fourth-order valence-corrected chi connectivity index (χ4v) is 1.66. The van der Waals surface area contributed by atoms with Crippen LogP contribution in [-0.2, 0) is 4.74 Å². The fourth-order valence-electron chi connectivity index (χ4n) is 1.66. The summed E-state index contributed by atoms with van der Waals surface area (Å²) in [5.41, 5.74) is -0.0899.